The van der Waals surface area contributed by atoms with Gasteiger partial charge in [-0.1, -0.05) is 11.6 Å². The third-order valence-corrected chi connectivity index (χ3v) is 3.04. The van der Waals surface area contributed by atoms with Gasteiger partial charge in [-0.25, -0.2) is 4.79 Å². The van der Waals surface area contributed by atoms with Crippen LogP contribution in [0.4, 0.5) is 5.69 Å². The Morgan fingerprint density at radius 1 is 1.53 bits per heavy atom. The Hall–Kier alpha value is -1.73. The van der Waals surface area contributed by atoms with Gasteiger partial charge in [0, 0.05) is 12.1 Å². The first-order valence-electron chi connectivity index (χ1n) is 4.97. The molecule has 0 fully saturated rings. The summed E-state index contributed by atoms with van der Waals surface area (Å²) in [5, 5.41) is 18.6. The van der Waals surface area contributed by atoms with E-state index in [1.807, 2.05) is 6.07 Å². The van der Waals surface area contributed by atoms with E-state index in [4.69, 9.17) is 22.0 Å². The van der Waals surface area contributed by atoms with E-state index in [2.05, 4.69) is 0 Å². The number of halogens is 1. The van der Waals surface area contributed by atoms with E-state index >= 15 is 0 Å². The van der Waals surface area contributed by atoms with Gasteiger partial charge in [-0.15, -0.1) is 0 Å². The third kappa shape index (κ3) is 2.51. The van der Waals surface area contributed by atoms with Crippen LogP contribution in [0.25, 0.3) is 0 Å². The zero-order valence-electron chi connectivity index (χ0n) is 9.86. The van der Waals surface area contributed by atoms with Crippen molar-refractivity contribution >= 4 is 23.3 Å². The minimum absolute atomic E-state index is 0.356. The second-order valence-corrected chi connectivity index (χ2v) is 4.63. The van der Waals surface area contributed by atoms with E-state index < -0.39 is 11.5 Å². The zero-order valence-corrected chi connectivity index (χ0v) is 10.6. The fraction of sp³-hybridized carbons (Fsp3) is 0.333. The molecule has 0 aliphatic heterocycles. The third-order valence-electron chi connectivity index (χ3n) is 2.80. The summed E-state index contributed by atoms with van der Waals surface area (Å²) < 4.78 is 0. The van der Waals surface area contributed by atoms with Crippen molar-refractivity contribution in [3.8, 4) is 6.07 Å². The van der Waals surface area contributed by atoms with Crippen LogP contribution in [0.5, 0.6) is 0 Å². The van der Waals surface area contributed by atoms with Crippen LogP contribution in [0, 0.1) is 11.3 Å². The second-order valence-electron chi connectivity index (χ2n) is 4.20. The number of nitrogens with zero attached hydrogens (tertiary/aromatic N) is 2. The Balaban J connectivity index is 3.27. The normalized spacial score (nSPS) is 10.8. The van der Waals surface area contributed by atoms with E-state index in [9.17, 15) is 4.79 Å². The van der Waals surface area contributed by atoms with Gasteiger partial charge < -0.3 is 10.0 Å². The number of hydrogen-bond donors (Lipinski definition) is 1. The average molecular weight is 253 g/mol. The lowest BCUT2D eigenvalue weighted by molar-refractivity contribution is -0.142. The van der Waals surface area contributed by atoms with Gasteiger partial charge in [-0.3, -0.25) is 0 Å². The fourth-order valence-electron chi connectivity index (χ4n) is 1.33. The van der Waals surface area contributed by atoms with E-state index in [0.29, 0.717) is 16.3 Å². The molecule has 4 nitrogen and oxygen atoms in total. The minimum Gasteiger partial charge on any atom is -0.480 e. The molecule has 0 atom stereocenters. The Bertz CT molecular complexity index is 492. The monoisotopic (exact) mass is 252 g/mol. The van der Waals surface area contributed by atoms with Crippen molar-refractivity contribution in [3.63, 3.8) is 0 Å². The second kappa shape index (κ2) is 4.64. The first kappa shape index (κ1) is 13.3. The SMILES string of the molecule is CN(c1ccc(Cl)cc1C#N)C(C)(C)C(=O)O. The highest BCUT2D eigenvalue weighted by Crippen LogP contribution is 2.28. The van der Waals surface area contributed by atoms with E-state index in [1.54, 1.807) is 37.9 Å². The maximum absolute atomic E-state index is 11.2. The molecule has 1 N–H and O–H groups in total. The number of rotatable bonds is 3. The molecule has 1 rings (SSSR count). The van der Waals surface area contributed by atoms with E-state index in [-0.39, 0.29) is 0 Å². The number of carboxylic acid groups (broad SMARTS) is 1. The summed E-state index contributed by atoms with van der Waals surface area (Å²) in [4.78, 5) is 12.7. The molecule has 0 aliphatic rings. The number of carboxylic acids is 1. The molecule has 1 aromatic rings. The molecular formula is C12H13ClN2O2. The Kier molecular flexibility index (Phi) is 3.64. The van der Waals surface area contributed by atoms with Crippen molar-refractivity contribution in [2.45, 2.75) is 19.4 Å². The van der Waals surface area contributed by atoms with Crippen LogP contribution in [0.2, 0.25) is 5.02 Å². The molecule has 17 heavy (non-hydrogen) atoms. The van der Waals surface area contributed by atoms with Gasteiger partial charge in [-0.2, -0.15) is 5.26 Å². The number of likely N-dealkylation sites (N-methyl/N-ethyl adjacent to an activating group) is 1. The van der Waals surface area contributed by atoms with Crippen LogP contribution in [-0.2, 0) is 4.79 Å². The molecule has 90 valence electrons. The summed E-state index contributed by atoms with van der Waals surface area (Å²) in [7, 11) is 1.64. The first-order valence-corrected chi connectivity index (χ1v) is 5.35. The largest absolute Gasteiger partial charge is 0.480 e. The molecule has 0 saturated carbocycles. The lowest BCUT2D eigenvalue weighted by atomic mass is 10.0. The van der Waals surface area contributed by atoms with Gasteiger partial charge in [-0.05, 0) is 32.0 Å². The summed E-state index contributed by atoms with van der Waals surface area (Å²) in [6.45, 7) is 3.15. The first-order chi connectivity index (χ1) is 7.80. The number of nitriles is 1. The Labute approximate surface area is 105 Å². The van der Waals surface area contributed by atoms with Crippen LogP contribution in [0.15, 0.2) is 18.2 Å². The summed E-state index contributed by atoms with van der Waals surface area (Å²) in [6.07, 6.45) is 0. The molecular weight excluding hydrogens is 240 g/mol. The Morgan fingerprint density at radius 2 is 2.12 bits per heavy atom. The number of carbonyl (C=O) groups is 1. The Morgan fingerprint density at radius 3 is 2.59 bits per heavy atom. The highest BCUT2D eigenvalue weighted by atomic mass is 35.5. The summed E-state index contributed by atoms with van der Waals surface area (Å²) >= 11 is 5.79. The van der Waals surface area contributed by atoms with Crippen molar-refractivity contribution in [2.75, 3.05) is 11.9 Å². The maximum Gasteiger partial charge on any atom is 0.328 e. The summed E-state index contributed by atoms with van der Waals surface area (Å²) in [5.41, 5.74) is -0.196. The number of hydrogen-bond acceptors (Lipinski definition) is 3. The van der Waals surface area contributed by atoms with Gasteiger partial charge in [0.15, 0.2) is 0 Å². The van der Waals surface area contributed by atoms with Gasteiger partial charge in [0.05, 0.1) is 11.3 Å². The van der Waals surface area contributed by atoms with Crippen LogP contribution in [0.1, 0.15) is 19.4 Å². The maximum atomic E-state index is 11.2. The van der Waals surface area contributed by atoms with Crippen LogP contribution in [-0.4, -0.2) is 23.7 Å². The van der Waals surface area contributed by atoms with Crippen LogP contribution >= 0.6 is 11.6 Å². The number of aliphatic carboxylic acids is 1. The summed E-state index contributed by atoms with van der Waals surface area (Å²) in [5.74, 6) is -0.959. The molecule has 0 radical (unpaired) electrons. The fourth-order valence-corrected chi connectivity index (χ4v) is 1.51. The van der Waals surface area contributed by atoms with Crippen LogP contribution in [0.3, 0.4) is 0 Å². The molecule has 0 heterocycles. The topological polar surface area (TPSA) is 64.3 Å². The summed E-state index contributed by atoms with van der Waals surface area (Å²) in [6, 6.07) is 6.80. The molecule has 0 bridgehead atoms. The lowest BCUT2D eigenvalue weighted by Crippen LogP contribution is -2.48. The molecule has 0 amide bonds. The molecule has 1 aromatic carbocycles. The quantitative estimate of drug-likeness (QED) is 0.898. The van der Waals surface area contributed by atoms with Crippen molar-refractivity contribution in [2.24, 2.45) is 0 Å². The van der Waals surface area contributed by atoms with Crippen molar-refractivity contribution in [1.29, 1.82) is 5.26 Å². The van der Waals surface area contributed by atoms with E-state index in [0.717, 1.165) is 0 Å². The molecule has 0 saturated heterocycles. The molecule has 0 aliphatic carbocycles. The number of benzene rings is 1. The van der Waals surface area contributed by atoms with Gasteiger partial charge >= 0.3 is 5.97 Å². The average Bonchev–Trinajstić information content (AvgIpc) is 2.27. The van der Waals surface area contributed by atoms with E-state index in [1.165, 1.54) is 6.07 Å². The number of anilines is 1. The van der Waals surface area contributed by atoms with Crippen LogP contribution < -0.4 is 4.90 Å². The highest BCUT2D eigenvalue weighted by molar-refractivity contribution is 6.30. The van der Waals surface area contributed by atoms with Gasteiger partial charge in [0.2, 0.25) is 0 Å². The van der Waals surface area contributed by atoms with Gasteiger partial charge in [0.1, 0.15) is 11.6 Å². The predicted molar refractivity (Wildman–Crippen MR) is 66.3 cm³/mol. The predicted octanol–water partition coefficient (Wildman–Crippen LogP) is 2.51. The van der Waals surface area contributed by atoms with Crippen molar-refractivity contribution < 1.29 is 9.90 Å². The lowest BCUT2D eigenvalue weighted by Gasteiger charge is -2.34. The minimum atomic E-state index is -1.10. The molecule has 0 spiro atoms. The standard InChI is InChI=1S/C12H13ClN2O2/c1-12(2,11(16)17)15(3)10-5-4-9(13)6-8(10)7-14/h4-6H,1-3H3,(H,16,17). The molecule has 0 aromatic heterocycles. The van der Waals surface area contributed by atoms with Crippen molar-refractivity contribution in [1.82, 2.24) is 0 Å². The zero-order chi connectivity index (χ0) is 13.2. The smallest absolute Gasteiger partial charge is 0.328 e. The molecule has 5 heteroatoms. The molecule has 0 unspecified atom stereocenters. The van der Waals surface area contributed by atoms with Crippen molar-refractivity contribution in [3.05, 3.63) is 28.8 Å². The highest BCUT2D eigenvalue weighted by Gasteiger charge is 2.33. The van der Waals surface area contributed by atoms with Gasteiger partial charge in [0.25, 0.3) is 0 Å².